The summed E-state index contributed by atoms with van der Waals surface area (Å²) in [6.07, 6.45) is 0. The van der Waals surface area contributed by atoms with Gasteiger partial charge in [0.1, 0.15) is 24.2 Å². The first-order chi connectivity index (χ1) is 8.69. The number of rotatable bonds is 3. The van der Waals surface area contributed by atoms with Crippen LogP contribution in [0.5, 0.6) is 5.75 Å². The second-order valence-corrected chi connectivity index (χ2v) is 3.79. The van der Waals surface area contributed by atoms with E-state index in [1.807, 2.05) is 0 Å². The number of benzene rings is 2. The van der Waals surface area contributed by atoms with Gasteiger partial charge in [0.15, 0.2) is 0 Å². The Kier molecular flexibility index (Phi) is 3.44. The van der Waals surface area contributed by atoms with Crippen LogP contribution in [-0.2, 0) is 6.61 Å². The van der Waals surface area contributed by atoms with E-state index >= 15 is 0 Å². The lowest BCUT2D eigenvalue weighted by Crippen LogP contribution is -1.97. The highest BCUT2D eigenvalue weighted by Gasteiger charge is 2.03. The molecule has 0 atom stereocenters. The van der Waals surface area contributed by atoms with Crippen LogP contribution in [0.4, 0.5) is 10.1 Å². The minimum absolute atomic E-state index is 0.0173. The van der Waals surface area contributed by atoms with E-state index in [1.54, 1.807) is 36.4 Å². The first-order valence-corrected chi connectivity index (χ1v) is 5.36. The zero-order valence-electron chi connectivity index (χ0n) is 9.56. The number of nitrogens with two attached hydrogens (primary N) is 1. The summed E-state index contributed by atoms with van der Waals surface area (Å²) in [5.41, 5.74) is 6.98. The van der Waals surface area contributed by atoms with Crippen molar-refractivity contribution in [2.75, 3.05) is 5.73 Å². The molecular formula is C14H11FN2O. The molecular weight excluding hydrogens is 231 g/mol. The summed E-state index contributed by atoms with van der Waals surface area (Å²) in [6.45, 7) is 0.262. The van der Waals surface area contributed by atoms with Crippen LogP contribution in [0.25, 0.3) is 0 Å². The van der Waals surface area contributed by atoms with E-state index in [0.717, 1.165) is 5.56 Å². The van der Waals surface area contributed by atoms with Gasteiger partial charge in [-0.1, -0.05) is 12.1 Å². The maximum absolute atomic E-state index is 13.1. The fraction of sp³-hybridized carbons (Fsp3) is 0.0714. The average molecular weight is 242 g/mol. The molecule has 18 heavy (non-hydrogen) atoms. The van der Waals surface area contributed by atoms with Crippen molar-refractivity contribution in [3.05, 3.63) is 59.4 Å². The number of halogens is 1. The molecule has 0 saturated heterocycles. The maximum Gasteiger partial charge on any atom is 0.140 e. The van der Waals surface area contributed by atoms with Crippen LogP contribution in [0.15, 0.2) is 42.5 Å². The molecule has 2 rings (SSSR count). The van der Waals surface area contributed by atoms with Gasteiger partial charge in [0.25, 0.3) is 0 Å². The standard InChI is InChI=1S/C14H11FN2O/c15-14-5-4-10(6-11(14)8-16)9-18-13-3-1-2-12(17)7-13/h1-7H,9,17H2. The van der Waals surface area contributed by atoms with Crippen LogP contribution >= 0.6 is 0 Å². The lowest BCUT2D eigenvalue weighted by Gasteiger charge is -2.07. The van der Waals surface area contributed by atoms with Gasteiger partial charge in [-0.25, -0.2) is 4.39 Å². The van der Waals surface area contributed by atoms with Crippen molar-refractivity contribution < 1.29 is 9.13 Å². The Balaban J connectivity index is 2.09. The summed E-state index contributed by atoms with van der Waals surface area (Å²) < 4.78 is 18.6. The lowest BCUT2D eigenvalue weighted by atomic mass is 10.1. The summed E-state index contributed by atoms with van der Waals surface area (Å²) >= 11 is 0. The number of hydrogen-bond acceptors (Lipinski definition) is 3. The molecule has 0 radical (unpaired) electrons. The number of anilines is 1. The zero-order chi connectivity index (χ0) is 13.0. The number of hydrogen-bond donors (Lipinski definition) is 1. The molecule has 0 unspecified atom stereocenters. The van der Waals surface area contributed by atoms with Gasteiger partial charge in [0.2, 0.25) is 0 Å². The molecule has 0 amide bonds. The molecule has 4 heteroatoms. The molecule has 0 heterocycles. The fourth-order valence-electron chi connectivity index (χ4n) is 1.52. The molecule has 2 N–H and O–H groups in total. The molecule has 0 aliphatic rings. The molecule has 3 nitrogen and oxygen atoms in total. The van der Waals surface area contributed by atoms with E-state index in [1.165, 1.54) is 12.1 Å². The predicted octanol–water partition coefficient (Wildman–Crippen LogP) is 2.86. The number of nitrogens with zero attached hydrogens (tertiary/aromatic N) is 1. The molecule has 0 aliphatic carbocycles. The van der Waals surface area contributed by atoms with E-state index in [-0.39, 0.29) is 12.2 Å². The molecule has 2 aromatic carbocycles. The summed E-state index contributed by atoms with van der Waals surface area (Å²) in [7, 11) is 0. The van der Waals surface area contributed by atoms with Crippen LogP contribution in [0, 0.1) is 17.1 Å². The van der Waals surface area contributed by atoms with E-state index < -0.39 is 5.82 Å². The van der Waals surface area contributed by atoms with Gasteiger partial charge in [-0.2, -0.15) is 5.26 Å². The first kappa shape index (κ1) is 11.9. The van der Waals surface area contributed by atoms with Gasteiger partial charge >= 0.3 is 0 Å². The predicted molar refractivity (Wildman–Crippen MR) is 66.3 cm³/mol. The molecule has 0 bridgehead atoms. The Morgan fingerprint density at radius 1 is 1.22 bits per heavy atom. The second kappa shape index (κ2) is 5.19. The Hall–Kier alpha value is -2.54. The molecule has 0 saturated carbocycles. The van der Waals surface area contributed by atoms with E-state index in [9.17, 15) is 4.39 Å². The molecule has 0 aromatic heterocycles. The third-order valence-electron chi connectivity index (χ3n) is 2.41. The molecule has 2 aromatic rings. The maximum atomic E-state index is 13.1. The van der Waals surface area contributed by atoms with Gasteiger partial charge in [-0.3, -0.25) is 0 Å². The third kappa shape index (κ3) is 2.77. The van der Waals surface area contributed by atoms with Crippen LogP contribution in [0.3, 0.4) is 0 Å². The van der Waals surface area contributed by atoms with Gasteiger partial charge in [0, 0.05) is 11.8 Å². The van der Waals surface area contributed by atoms with Crippen molar-refractivity contribution in [3.63, 3.8) is 0 Å². The van der Waals surface area contributed by atoms with Crippen molar-refractivity contribution in [2.45, 2.75) is 6.61 Å². The van der Waals surface area contributed by atoms with Crippen LogP contribution in [-0.4, -0.2) is 0 Å². The molecule has 90 valence electrons. The minimum atomic E-state index is -0.523. The van der Waals surface area contributed by atoms with Crippen molar-refractivity contribution >= 4 is 5.69 Å². The highest BCUT2D eigenvalue weighted by molar-refractivity contribution is 5.43. The van der Waals surface area contributed by atoms with Gasteiger partial charge < -0.3 is 10.5 Å². The fourth-order valence-corrected chi connectivity index (χ4v) is 1.52. The summed E-state index contributed by atoms with van der Waals surface area (Å²) in [4.78, 5) is 0. The largest absolute Gasteiger partial charge is 0.489 e. The first-order valence-electron chi connectivity index (χ1n) is 5.36. The number of ether oxygens (including phenoxy) is 1. The lowest BCUT2D eigenvalue weighted by molar-refractivity contribution is 0.306. The van der Waals surface area contributed by atoms with Gasteiger partial charge in [0.05, 0.1) is 5.56 Å². The smallest absolute Gasteiger partial charge is 0.140 e. The van der Waals surface area contributed by atoms with Crippen molar-refractivity contribution in [3.8, 4) is 11.8 Å². The van der Waals surface area contributed by atoms with Crippen molar-refractivity contribution in [1.29, 1.82) is 5.26 Å². The topological polar surface area (TPSA) is 59.0 Å². The monoisotopic (exact) mass is 242 g/mol. The van der Waals surface area contributed by atoms with Crippen LogP contribution < -0.4 is 10.5 Å². The van der Waals surface area contributed by atoms with Crippen LogP contribution in [0.1, 0.15) is 11.1 Å². The highest BCUT2D eigenvalue weighted by atomic mass is 19.1. The molecule has 0 fully saturated rings. The normalized spacial score (nSPS) is 9.78. The SMILES string of the molecule is N#Cc1cc(COc2cccc(N)c2)ccc1F. The van der Waals surface area contributed by atoms with E-state index in [0.29, 0.717) is 11.4 Å². The quantitative estimate of drug-likeness (QED) is 0.842. The third-order valence-corrected chi connectivity index (χ3v) is 2.41. The Labute approximate surface area is 104 Å². The summed E-state index contributed by atoms with van der Waals surface area (Å²) in [5.74, 6) is 0.114. The second-order valence-electron chi connectivity index (χ2n) is 3.79. The van der Waals surface area contributed by atoms with Gasteiger partial charge in [-0.05, 0) is 29.8 Å². The average Bonchev–Trinajstić information content (AvgIpc) is 2.38. The Morgan fingerprint density at radius 3 is 2.78 bits per heavy atom. The Morgan fingerprint density at radius 2 is 2.06 bits per heavy atom. The molecule has 0 aliphatic heterocycles. The van der Waals surface area contributed by atoms with E-state index in [2.05, 4.69) is 0 Å². The molecule has 0 spiro atoms. The van der Waals surface area contributed by atoms with Crippen LogP contribution in [0.2, 0.25) is 0 Å². The van der Waals surface area contributed by atoms with Crippen molar-refractivity contribution in [1.82, 2.24) is 0 Å². The van der Waals surface area contributed by atoms with Gasteiger partial charge in [-0.15, -0.1) is 0 Å². The Bertz CT molecular complexity index is 605. The number of nitriles is 1. The zero-order valence-corrected chi connectivity index (χ0v) is 9.56. The van der Waals surface area contributed by atoms with Crippen molar-refractivity contribution in [2.24, 2.45) is 0 Å². The summed E-state index contributed by atoms with van der Waals surface area (Å²) in [5, 5.41) is 8.72. The summed E-state index contributed by atoms with van der Waals surface area (Å²) in [6, 6.07) is 13.1. The van der Waals surface area contributed by atoms with E-state index in [4.69, 9.17) is 15.7 Å². The highest BCUT2D eigenvalue weighted by Crippen LogP contribution is 2.17. The minimum Gasteiger partial charge on any atom is -0.489 e. The number of nitrogen functional groups attached to an aromatic ring is 1.